The Morgan fingerprint density at radius 2 is 2.19 bits per heavy atom. The summed E-state index contributed by atoms with van der Waals surface area (Å²) in [5.74, 6) is 0.0800. The van der Waals surface area contributed by atoms with Gasteiger partial charge >= 0.3 is 0 Å². The van der Waals surface area contributed by atoms with Crippen molar-refractivity contribution >= 4 is 44.1 Å². The van der Waals surface area contributed by atoms with Crippen molar-refractivity contribution in [3.63, 3.8) is 0 Å². The topological polar surface area (TPSA) is 71.2 Å². The zero-order chi connectivity index (χ0) is 15.4. The van der Waals surface area contributed by atoms with Gasteiger partial charge in [-0.3, -0.25) is 4.79 Å². The molecule has 0 aliphatic heterocycles. The maximum absolute atomic E-state index is 12.2. The summed E-state index contributed by atoms with van der Waals surface area (Å²) in [7, 11) is 1.92. The maximum Gasteiger partial charge on any atom is 0.265 e. The first-order valence-electron chi connectivity index (χ1n) is 6.52. The van der Waals surface area contributed by atoms with Gasteiger partial charge in [0, 0.05) is 24.6 Å². The third-order valence-electron chi connectivity index (χ3n) is 3.05. The van der Waals surface area contributed by atoms with E-state index in [0.29, 0.717) is 11.4 Å². The van der Waals surface area contributed by atoms with Crippen molar-refractivity contribution in [1.29, 1.82) is 0 Å². The second-order valence-corrected chi connectivity index (χ2v) is 6.33. The molecule has 1 aromatic carbocycles. The Bertz CT molecular complexity index is 644. The average Bonchev–Trinajstić information content (AvgIpc) is 2.87. The van der Waals surface area contributed by atoms with Gasteiger partial charge in [0.05, 0.1) is 0 Å². The molecule has 0 saturated heterocycles. The monoisotopic (exact) mass is 368 g/mol. The quantitative estimate of drug-likeness (QED) is 0.850. The molecule has 2 aromatic rings. The highest BCUT2D eigenvalue weighted by molar-refractivity contribution is 9.10. The van der Waals surface area contributed by atoms with Gasteiger partial charge in [-0.15, -0.1) is 0 Å². The predicted molar refractivity (Wildman–Crippen MR) is 90.8 cm³/mol. The normalized spacial score (nSPS) is 10.4. The Morgan fingerprint density at radius 3 is 2.86 bits per heavy atom. The first-order valence-corrected chi connectivity index (χ1v) is 8.13. The van der Waals surface area contributed by atoms with Crippen LogP contribution < -0.4 is 16.0 Å². The fourth-order valence-corrected chi connectivity index (χ4v) is 3.03. The Balaban J connectivity index is 2.07. The summed E-state index contributed by atoms with van der Waals surface area (Å²) in [6.07, 6.45) is 0. The lowest BCUT2D eigenvalue weighted by molar-refractivity contribution is 0.0955. The van der Waals surface area contributed by atoms with Crippen LogP contribution in [0.5, 0.6) is 0 Å². The van der Waals surface area contributed by atoms with Crippen molar-refractivity contribution in [2.75, 3.05) is 24.2 Å². The second-order valence-electron chi connectivity index (χ2n) is 4.50. The molecule has 21 heavy (non-hydrogen) atoms. The Hall–Kier alpha value is -1.60. The molecule has 1 aromatic heterocycles. The van der Waals surface area contributed by atoms with E-state index in [0.717, 1.165) is 21.7 Å². The molecule has 3 N–H and O–H groups in total. The third-order valence-corrected chi connectivity index (χ3v) is 5.00. The summed E-state index contributed by atoms with van der Waals surface area (Å²) < 4.78 is 0.967. The molecule has 1 heterocycles. The number of hydrogen-bond donors (Lipinski definition) is 2. The number of nitrogens with one attached hydrogen (secondary N) is 1. The molecule has 0 fully saturated rings. The van der Waals surface area contributed by atoms with E-state index in [1.165, 1.54) is 11.3 Å². The van der Waals surface area contributed by atoms with E-state index in [1.54, 1.807) is 0 Å². The lowest BCUT2D eigenvalue weighted by atomic mass is 10.2. The summed E-state index contributed by atoms with van der Waals surface area (Å²) in [5, 5.41) is 3.62. The SMILES string of the molecule is CCN(C)c1nc(N)c(C(=O)NCc2ccccc2Br)s1. The number of halogens is 1. The average molecular weight is 369 g/mol. The number of benzene rings is 1. The van der Waals surface area contributed by atoms with Crippen molar-refractivity contribution < 1.29 is 4.79 Å². The number of aromatic nitrogens is 1. The summed E-state index contributed by atoms with van der Waals surface area (Å²) in [6.45, 7) is 3.27. The molecule has 112 valence electrons. The number of anilines is 2. The van der Waals surface area contributed by atoms with Gasteiger partial charge in [-0.05, 0) is 18.6 Å². The number of amides is 1. The van der Waals surface area contributed by atoms with Crippen LogP contribution in [-0.4, -0.2) is 24.5 Å². The second kappa shape index (κ2) is 6.91. The minimum atomic E-state index is -0.198. The summed E-state index contributed by atoms with van der Waals surface area (Å²) in [6, 6.07) is 7.76. The molecule has 0 spiro atoms. The van der Waals surface area contributed by atoms with E-state index in [9.17, 15) is 4.79 Å². The molecule has 1 amide bonds. The van der Waals surface area contributed by atoms with E-state index in [2.05, 4.69) is 26.2 Å². The van der Waals surface area contributed by atoms with E-state index in [4.69, 9.17) is 5.73 Å². The van der Waals surface area contributed by atoms with Crippen LogP contribution >= 0.6 is 27.3 Å². The number of nitrogens with two attached hydrogens (primary N) is 1. The van der Waals surface area contributed by atoms with Crippen molar-refractivity contribution in [1.82, 2.24) is 10.3 Å². The van der Waals surface area contributed by atoms with E-state index >= 15 is 0 Å². The summed E-state index contributed by atoms with van der Waals surface area (Å²) >= 11 is 4.76. The van der Waals surface area contributed by atoms with Crippen molar-refractivity contribution in [2.45, 2.75) is 13.5 Å². The summed E-state index contributed by atoms with van der Waals surface area (Å²) in [5.41, 5.74) is 6.85. The summed E-state index contributed by atoms with van der Waals surface area (Å²) in [4.78, 5) is 18.9. The van der Waals surface area contributed by atoms with Gasteiger partial charge in [0.2, 0.25) is 0 Å². The number of nitrogen functional groups attached to an aromatic ring is 1. The molecule has 7 heteroatoms. The molecule has 5 nitrogen and oxygen atoms in total. The minimum absolute atomic E-state index is 0.198. The molecule has 0 aliphatic rings. The van der Waals surface area contributed by atoms with Crippen LogP contribution in [0.3, 0.4) is 0 Å². The van der Waals surface area contributed by atoms with Crippen LogP contribution in [0.4, 0.5) is 10.9 Å². The zero-order valence-corrected chi connectivity index (χ0v) is 14.3. The van der Waals surface area contributed by atoms with Crippen LogP contribution in [0.2, 0.25) is 0 Å². The molecular formula is C14H17BrN4OS. The molecule has 0 saturated carbocycles. The van der Waals surface area contributed by atoms with Crippen molar-refractivity contribution in [3.05, 3.63) is 39.2 Å². The predicted octanol–water partition coefficient (Wildman–Crippen LogP) is 2.87. The highest BCUT2D eigenvalue weighted by atomic mass is 79.9. The Kier molecular flexibility index (Phi) is 5.19. The fraction of sp³-hybridized carbons (Fsp3) is 0.286. The van der Waals surface area contributed by atoms with Crippen LogP contribution in [0.1, 0.15) is 22.2 Å². The van der Waals surface area contributed by atoms with Gasteiger partial charge in [0.1, 0.15) is 10.7 Å². The molecule has 0 radical (unpaired) electrons. The fourth-order valence-electron chi connectivity index (χ4n) is 1.68. The zero-order valence-electron chi connectivity index (χ0n) is 11.9. The molecule has 2 rings (SSSR count). The Morgan fingerprint density at radius 1 is 1.48 bits per heavy atom. The van der Waals surface area contributed by atoms with Crippen LogP contribution in [0, 0.1) is 0 Å². The number of carbonyl (C=O) groups excluding carboxylic acids is 1. The van der Waals surface area contributed by atoms with Crippen molar-refractivity contribution in [3.8, 4) is 0 Å². The molecule has 0 bridgehead atoms. The van der Waals surface area contributed by atoms with E-state index in [-0.39, 0.29) is 11.7 Å². The van der Waals surface area contributed by atoms with Gasteiger partial charge in [-0.2, -0.15) is 0 Å². The minimum Gasteiger partial charge on any atom is -0.382 e. The molecule has 0 atom stereocenters. The molecular weight excluding hydrogens is 352 g/mol. The van der Waals surface area contributed by atoms with Gasteiger partial charge in [0.25, 0.3) is 5.91 Å². The van der Waals surface area contributed by atoms with Crippen LogP contribution in [0.25, 0.3) is 0 Å². The van der Waals surface area contributed by atoms with Crippen LogP contribution in [-0.2, 0) is 6.54 Å². The number of thiazole rings is 1. The first-order chi connectivity index (χ1) is 10.0. The van der Waals surface area contributed by atoms with Gasteiger partial charge in [0.15, 0.2) is 5.13 Å². The lowest BCUT2D eigenvalue weighted by Crippen LogP contribution is -2.22. The lowest BCUT2D eigenvalue weighted by Gasteiger charge is -2.10. The van der Waals surface area contributed by atoms with Gasteiger partial charge in [-0.25, -0.2) is 4.98 Å². The Labute approximate surface area is 136 Å². The number of rotatable bonds is 5. The molecule has 0 aliphatic carbocycles. The molecule has 0 unspecified atom stereocenters. The first kappa shape index (κ1) is 15.8. The van der Waals surface area contributed by atoms with Gasteiger partial charge < -0.3 is 16.0 Å². The van der Waals surface area contributed by atoms with Gasteiger partial charge in [-0.1, -0.05) is 45.5 Å². The maximum atomic E-state index is 12.2. The highest BCUT2D eigenvalue weighted by Crippen LogP contribution is 2.27. The third kappa shape index (κ3) is 3.74. The van der Waals surface area contributed by atoms with E-state index in [1.807, 2.05) is 43.1 Å². The largest absolute Gasteiger partial charge is 0.382 e. The number of carbonyl (C=O) groups is 1. The number of nitrogens with zero attached hydrogens (tertiary/aromatic N) is 2. The standard InChI is InChI=1S/C14H17BrN4OS/c1-3-19(2)14-18-12(16)11(21-14)13(20)17-8-9-6-4-5-7-10(9)15/h4-7H,3,8,16H2,1-2H3,(H,17,20). The smallest absolute Gasteiger partial charge is 0.265 e. The van der Waals surface area contributed by atoms with Crippen LogP contribution in [0.15, 0.2) is 28.7 Å². The van der Waals surface area contributed by atoms with E-state index < -0.39 is 0 Å². The highest BCUT2D eigenvalue weighted by Gasteiger charge is 2.17. The number of hydrogen-bond acceptors (Lipinski definition) is 5. The van der Waals surface area contributed by atoms with Crippen molar-refractivity contribution in [2.24, 2.45) is 0 Å².